The van der Waals surface area contributed by atoms with Crippen LogP contribution in [0.5, 0.6) is 11.5 Å². The number of halogens is 1. The molecule has 2 heteroatoms. The summed E-state index contributed by atoms with van der Waals surface area (Å²) in [5.74, 6) is 2.00. The van der Waals surface area contributed by atoms with Gasteiger partial charge in [0.2, 0.25) is 0 Å². The average molecular weight is 322 g/mol. The lowest BCUT2D eigenvalue weighted by atomic mass is 9.99. The minimum Gasteiger partial charge on any atom is -0.457 e. The van der Waals surface area contributed by atoms with Gasteiger partial charge in [-0.1, -0.05) is 24.3 Å². The molecular weight excluding hydrogens is 311 g/mol. The quantitative estimate of drug-likeness (QED) is 0.561. The van der Waals surface area contributed by atoms with Crippen LogP contribution in [0.3, 0.4) is 0 Å². The summed E-state index contributed by atoms with van der Waals surface area (Å²) in [5.41, 5.74) is 3.92. The molecule has 0 amide bonds. The molecule has 2 aromatic carbocycles. The Balaban J connectivity index is 2.16. The van der Waals surface area contributed by atoms with E-state index in [1.54, 1.807) is 0 Å². The molecule has 0 saturated heterocycles. The molecule has 0 radical (unpaired) electrons. The van der Waals surface area contributed by atoms with Crippen molar-refractivity contribution in [1.82, 2.24) is 0 Å². The van der Waals surface area contributed by atoms with E-state index in [9.17, 15) is 0 Å². The first-order valence-electron chi connectivity index (χ1n) is 5.29. The summed E-state index contributed by atoms with van der Waals surface area (Å²) in [5, 5.41) is 0. The molecule has 16 heavy (non-hydrogen) atoms. The Hall–Kier alpha value is -1.03. The second-order valence-corrected chi connectivity index (χ2v) is 5.14. The van der Waals surface area contributed by atoms with Crippen LogP contribution in [0.25, 0.3) is 0 Å². The second-order valence-electron chi connectivity index (χ2n) is 4.06. The molecule has 1 aliphatic heterocycles. The molecule has 1 nitrogen and oxygen atoms in total. The minimum absolute atomic E-state index is 0.978. The van der Waals surface area contributed by atoms with Gasteiger partial charge in [-0.15, -0.1) is 0 Å². The molecule has 0 unspecified atom stereocenters. The smallest absolute Gasteiger partial charge is 0.132 e. The molecule has 1 aliphatic rings. The molecule has 0 aromatic heterocycles. The maximum Gasteiger partial charge on any atom is 0.132 e. The van der Waals surface area contributed by atoms with Crippen LogP contribution in [-0.4, -0.2) is 0 Å². The van der Waals surface area contributed by atoms with Crippen LogP contribution in [0.4, 0.5) is 0 Å². The monoisotopic (exact) mass is 322 g/mol. The molecule has 2 aromatic rings. The van der Waals surface area contributed by atoms with Crippen LogP contribution in [0.1, 0.15) is 16.7 Å². The first-order chi connectivity index (χ1) is 7.75. The number of benzene rings is 2. The van der Waals surface area contributed by atoms with Gasteiger partial charge in [0, 0.05) is 15.6 Å². The molecule has 0 aliphatic carbocycles. The van der Waals surface area contributed by atoms with Gasteiger partial charge in [-0.25, -0.2) is 0 Å². The van der Waals surface area contributed by atoms with E-state index in [0.29, 0.717) is 0 Å². The fourth-order valence-corrected chi connectivity index (χ4v) is 2.68. The standard InChI is InChI=1S/C14H11IO/c1-9-6-7-13-11(14(9)15)8-10-4-2-3-5-12(10)16-13/h2-7H,8H2,1H3. The third kappa shape index (κ3) is 1.52. The number of fused-ring (bicyclic) bond motifs is 2. The van der Waals surface area contributed by atoms with Crippen molar-refractivity contribution in [2.24, 2.45) is 0 Å². The zero-order chi connectivity index (χ0) is 11.1. The SMILES string of the molecule is Cc1ccc2c(c1I)Cc1ccccc1O2. The third-order valence-corrected chi connectivity index (χ3v) is 4.45. The largest absolute Gasteiger partial charge is 0.457 e. The van der Waals surface area contributed by atoms with Crippen LogP contribution in [-0.2, 0) is 6.42 Å². The summed E-state index contributed by atoms with van der Waals surface area (Å²) < 4.78 is 7.23. The van der Waals surface area contributed by atoms with Crippen LogP contribution in [0, 0.1) is 10.5 Å². The first kappa shape index (κ1) is 10.1. The molecule has 0 N–H and O–H groups in total. The van der Waals surface area contributed by atoms with Crippen LogP contribution in [0.15, 0.2) is 36.4 Å². The Kier molecular flexibility index (Phi) is 2.39. The van der Waals surface area contributed by atoms with E-state index in [-0.39, 0.29) is 0 Å². The Labute approximate surface area is 109 Å². The maximum atomic E-state index is 5.91. The molecule has 0 atom stereocenters. The number of rotatable bonds is 0. The molecular formula is C14H11IO. The van der Waals surface area contributed by atoms with Crippen molar-refractivity contribution in [3.63, 3.8) is 0 Å². The topological polar surface area (TPSA) is 9.23 Å². The highest BCUT2D eigenvalue weighted by molar-refractivity contribution is 14.1. The predicted molar refractivity (Wildman–Crippen MR) is 73.2 cm³/mol. The summed E-state index contributed by atoms with van der Waals surface area (Å²) >= 11 is 2.41. The summed E-state index contributed by atoms with van der Waals surface area (Å²) in [6, 6.07) is 12.4. The zero-order valence-corrected chi connectivity index (χ0v) is 11.1. The minimum atomic E-state index is 0.978. The van der Waals surface area contributed by atoms with Gasteiger partial charge in [0.05, 0.1) is 0 Å². The molecule has 3 rings (SSSR count). The van der Waals surface area contributed by atoms with E-state index in [2.05, 4.69) is 53.8 Å². The van der Waals surface area contributed by atoms with Crippen molar-refractivity contribution < 1.29 is 4.74 Å². The molecule has 0 saturated carbocycles. The Morgan fingerprint density at radius 2 is 1.88 bits per heavy atom. The third-order valence-electron chi connectivity index (χ3n) is 2.95. The lowest BCUT2D eigenvalue weighted by Crippen LogP contribution is -2.05. The van der Waals surface area contributed by atoms with Crippen LogP contribution in [0.2, 0.25) is 0 Å². The van der Waals surface area contributed by atoms with Gasteiger partial charge >= 0.3 is 0 Å². The van der Waals surface area contributed by atoms with Crippen LogP contribution < -0.4 is 4.74 Å². The van der Waals surface area contributed by atoms with Gasteiger partial charge in [-0.3, -0.25) is 0 Å². The predicted octanol–water partition coefficient (Wildman–Crippen LogP) is 4.30. The highest BCUT2D eigenvalue weighted by Gasteiger charge is 2.19. The number of hydrogen-bond donors (Lipinski definition) is 0. The lowest BCUT2D eigenvalue weighted by Gasteiger charge is -2.21. The number of aryl methyl sites for hydroxylation is 1. The van der Waals surface area contributed by atoms with Gasteiger partial charge in [-0.2, -0.15) is 0 Å². The van der Waals surface area contributed by atoms with E-state index < -0.39 is 0 Å². The van der Waals surface area contributed by atoms with E-state index in [0.717, 1.165) is 17.9 Å². The van der Waals surface area contributed by atoms with E-state index in [4.69, 9.17) is 4.74 Å². The Bertz CT molecular complexity index is 561. The van der Waals surface area contributed by atoms with Crippen molar-refractivity contribution in [2.45, 2.75) is 13.3 Å². The fraction of sp³-hybridized carbons (Fsp3) is 0.143. The normalized spacial score (nSPS) is 12.6. The number of para-hydroxylation sites is 1. The number of hydrogen-bond acceptors (Lipinski definition) is 1. The van der Waals surface area contributed by atoms with Crippen molar-refractivity contribution in [3.05, 3.63) is 56.7 Å². The average Bonchev–Trinajstić information content (AvgIpc) is 2.32. The Morgan fingerprint density at radius 1 is 1.06 bits per heavy atom. The molecule has 0 bridgehead atoms. The van der Waals surface area contributed by atoms with E-state index in [1.165, 1.54) is 20.3 Å². The lowest BCUT2D eigenvalue weighted by molar-refractivity contribution is 0.459. The molecule has 1 heterocycles. The highest BCUT2D eigenvalue weighted by Crippen LogP contribution is 2.39. The van der Waals surface area contributed by atoms with Gasteiger partial charge in [-0.05, 0) is 52.8 Å². The maximum absolute atomic E-state index is 5.91. The zero-order valence-electron chi connectivity index (χ0n) is 8.96. The van der Waals surface area contributed by atoms with Crippen molar-refractivity contribution in [3.8, 4) is 11.5 Å². The van der Waals surface area contributed by atoms with E-state index in [1.807, 2.05) is 12.1 Å². The summed E-state index contributed by atoms with van der Waals surface area (Å²) in [6.07, 6.45) is 0.978. The second kappa shape index (κ2) is 3.77. The Morgan fingerprint density at radius 3 is 2.75 bits per heavy atom. The molecule has 0 spiro atoms. The molecule has 0 fully saturated rings. The van der Waals surface area contributed by atoms with Gasteiger partial charge < -0.3 is 4.74 Å². The summed E-state index contributed by atoms with van der Waals surface area (Å²) in [6.45, 7) is 2.14. The summed E-state index contributed by atoms with van der Waals surface area (Å²) in [7, 11) is 0. The number of ether oxygens (including phenoxy) is 1. The first-order valence-corrected chi connectivity index (χ1v) is 6.37. The van der Waals surface area contributed by atoms with Crippen LogP contribution >= 0.6 is 22.6 Å². The summed E-state index contributed by atoms with van der Waals surface area (Å²) in [4.78, 5) is 0. The van der Waals surface area contributed by atoms with E-state index >= 15 is 0 Å². The highest BCUT2D eigenvalue weighted by atomic mass is 127. The molecule has 80 valence electrons. The van der Waals surface area contributed by atoms with Gasteiger partial charge in [0.1, 0.15) is 11.5 Å². The van der Waals surface area contributed by atoms with Crippen molar-refractivity contribution in [1.29, 1.82) is 0 Å². The van der Waals surface area contributed by atoms with Gasteiger partial charge in [0.25, 0.3) is 0 Å². The van der Waals surface area contributed by atoms with Gasteiger partial charge in [0.15, 0.2) is 0 Å². The fourth-order valence-electron chi connectivity index (χ4n) is 2.04. The van der Waals surface area contributed by atoms with Crippen molar-refractivity contribution >= 4 is 22.6 Å². The van der Waals surface area contributed by atoms with Crippen molar-refractivity contribution in [2.75, 3.05) is 0 Å².